The van der Waals surface area contributed by atoms with Crippen molar-refractivity contribution in [2.75, 3.05) is 13.2 Å². The zero-order valence-electron chi connectivity index (χ0n) is 48.4. The second kappa shape index (κ2) is 61.6. The highest BCUT2D eigenvalue weighted by Crippen LogP contribution is 2.17. The third kappa shape index (κ3) is 57.4. The molecule has 0 spiro atoms. The molecule has 6 heteroatoms. The van der Waals surface area contributed by atoms with E-state index in [2.05, 4.69) is 55.6 Å². The number of carbonyl (C=O) groups excluding carboxylic acids is 2. The number of amides is 1. The summed E-state index contributed by atoms with van der Waals surface area (Å²) in [5.41, 5.74) is 0. The second-order valence-electron chi connectivity index (χ2n) is 22.1. The molecule has 0 fully saturated rings. The van der Waals surface area contributed by atoms with Crippen LogP contribution in [-0.4, -0.2) is 47.4 Å². The Kier molecular flexibility index (Phi) is 60.0. The number of rotatable bonds is 60. The molecular formula is C66H125NO5. The minimum absolute atomic E-state index is 0.00535. The van der Waals surface area contributed by atoms with Gasteiger partial charge in [0.25, 0.3) is 0 Å². The molecule has 0 aliphatic rings. The van der Waals surface area contributed by atoms with Crippen molar-refractivity contribution in [3.05, 3.63) is 36.5 Å². The molecule has 0 rings (SSSR count). The molecule has 0 radical (unpaired) electrons. The zero-order chi connectivity index (χ0) is 52.2. The van der Waals surface area contributed by atoms with Gasteiger partial charge in [0.05, 0.1) is 25.4 Å². The molecule has 6 nitrogen and oxygen atoms in total. The summed E-state index contributed by atoms with van der Waals surface area (Å²) in [6, 6.07) is -0.544. The van der Waals surface area contributed by atoms with Gasteiger partial charge in [-0.1, -0.05) is 288 Å². The maximum absolute atomic E-state index is 12.5. The summed E-state index contributed by atoms with van der Waals surface area (Å²) in [5.74, 6) is -0.0335. The third-order valence-corrected chi connectivity index (χ3v) is 14.9. The van der Waals surface area contributed by atoms with E-state index in [0.29, 0.717) is 25.9 Å². The molecule has 0 aromatic rings. The van der Waals surface area contributed by atoms with E-state index in [9.17, 15) is 19.8 Å². The number of ether oxygens (including phenoxy) is 1. The van der Waals surface area contributed by atoms with Gasteiger partial charge in [-0.3, -0.25) is 9.59 Å². The number of esters is 1. The highest BCUT2D eigenvalue weighted by atomic mass is 16.5. The smallest absolute Gasteiger partial charge is 0.305 e. The van der Waals surface area contributed by atoms with E-state index in [1.807, 2.05) is 0 Å². The molecule has 72 heavy (non-hydrogen) atoms. The Balaban J connectivity index is 3.39. The van der Waals surface area contributed by atoms with Crippen LogP contribution in [0.25, 0.3) is 0 Å². The van der Waals surface area contributed by atoms with Gasteiger partial charge in [0, 0.05) is 12.8 Å². The fraction of sp³-hybridized carbons (Fsp3) is 0.879. The van der Waals surface area contributed by atoms with Crippen LogP contribution in [0.1, 0.15) is 348 Å². The van der Waals surface area contributed by atoms with Crippen molar-refractivity contribution in [1.82, 2.24) is 5.32 Å². The lowest BCUT2D eigenvalue weighted by molar-refractivity contribution is -0.143. The molecule has 0 bridgehead atoms. The van der Waals surface area contributed by atoms with Crippen molar-refractivity contribution < 1.29 is 24.5 Å². The van der Waals surface area contributed by atoms with Gasteiger partial charge in [0.1, 0.15) is 0 Å². The molecule has 0 saturated carbocycles. The van der Waals surface area contributed by atoms with Crippen LogP contribution >= 0.6 is 0 Å². The molecule has 424 valence electrons. The summed E-state index contributed by atoms with van der Waals surface area (Å²) in [5, 5.41) is 23.3. The predicted octanol–water partition coefficient (Wildman–Crippen LogP) is 20.4. The van der Waals surface area contributed by atoms with Gasteiger partial charge >= 0.3 is 5.97 Å². The average Bonchev–Trinajstić information content (AvgIpc) is 3.38. The average molecular weight is 1010 g/mol. The van der Waals surface area contributed by atoms with Crippen molar-refractivity contribution in [2.45, 2.75) is 360 Å². The fourth-order valence-electron chi connectivity index (χ4n) is 9.96. The monoisotopic (exact) mass is 1010 g/mol. The van der Waals surface area contributed by atoms with E-state index in [-0.39, 0.29) is 18.5 Å². The summed E-state index contributed by atoms with van der Waals surface area (Å²) >= 11 is 0. The minimum atomic E-state index is -0.667. The molecule has 0 aromatic carbocycles. The normalized spacial score (nSPS) is 12.8. The van der Waals surface area contributed by atoms with Crippen LogP contribution in [0.15, 0.2) is 36.5 Å². The van der Waals surface area contributed by atoms with Gasteiger partial charge in [0.15, 0.2) is 0 Å². The maximum Gasteiger partial charge on any atom is 0.305 e. The number of unbranched alkanes of at least 4 members (excludes halogenated alkanes) is 43. The summed E-state index contributed by atoms with van der Waals surface area (Å²) in [7, 11) is 0. The molecule has 0 aliphatic heterocycles. The van der Waals surface area contributed by atoms with Crippen LogP contribution in [0.2, 0.25) is 0 Å². The number of nitrogens with one attached hydrogen (secondary N) is 1. The summed E-state index contributed by atoms with van der Waals surface area (Å²) < 4.78 is 5.49. The summed E-state index contributed by atoms with van der Waals surface area (Å²) in [6.45, 7) is 4.94. The van der Waals surface area contributed by atoms with E-state index in [4.69, 9.17) is 4.74 Å². The van der Waals surface area contributed by atoms with Crippen LogP contribution < -0.4 is 5.32 Å². The predicted molar refractivity (Wildman–Crippen MR) is 315 cm³/mol. The van der Waals surface area contributed by atoms with Gasteiger partial charge in [-0.2, -0.15) is 0 Å². The number of aliphatic hydroxyl groups is 2. The van der Waals surface area contributed by atoms with Crippen molar-refractivity contribution in [3.8, 4) is 0 Å². The quantitative estimate of drug-likeness (QED) is 0.0320. The van der Waals surface area contributed by atoms with E-state index >= 15 is 0 Å². The minimum Gasteiger partial charge on any atom is -0.466 e. The van der Waals surface area contributed by atoms with Gasteiger partial charge in [-0.05, 0) is 83.5 Å². The van der Waals surface area contributed by atoms with Gasteiger partial charge in [-0.25, -0.2) is 0 Å². The highest BCUT2D eigenvalue weighted by molar-refractivity contribution is 5.76. The molecule has 0 saturated heterocycles. The molecular weight excluding hydrogens is 887 g/mol. The number of allylic oxidation sites excluding steroid dienone is 6. The Morgan fingerprint density at radius 3 is 1.08 bits per heavy atom. The summed E-state index contributed by atoms with van der Waals surface area (Å²) in [6.07, 6.45) is 77.3. The van der Waals surface area contributed by atoms with Crippen LogP contribution in [0.4, 0.5) is 0 Å². The number of carbonyl (C=O) groups is 2. The first-order valence-corrected chi connectivity index (χ1v) is 32.2. The molecule has 0 heterocycles. The lowest BCUT2D eigenvalue weighted by atomic mass is 10.0. The molecule has 0 aliphatic carbocycles. The Hall–Kier alpha value is -1.92. The lowest BCUT2D eigenvalue weighted by Gasteiger charge is -2.22. The van der Waals surface area contributed by atoms with E-state index < -0.39 is 12.1 Å². The molecule has 2 unspecified atom stereocenters. The van der Waals surface area contributed by atoms with Gasteiger partial charge < -0.3 is 20.3 Å². The number of hydrogen-bond acceptors (Lipinski definition) is 5. The fourth-order valence-corrected chi connectivity index (χ4v) is 9.96. The van der Waals surface area contributed by atoms with Crippen LogP contribution in [0.3, 0.4) is 0 Å². The molecule has 0 aromatic heterocycles. The first-order valence-electron chi connectivity index (χ1n) is 32.2. The number of aliphatic hydroxyl groups excluding tert-OH is 2. The van der Waals surface area contributed by atoms with Crippen molar-refractivity contribution >= 4 is 11.9 Å². The van der Waals surface area contributed by atoms with Crippen molar-refractivity contribution in [3.63, 3.8) is 0 Å². The molecule has 3 N–H and O–H groups in total. The Morgan fingerprint density at radius 1 is 0.389 bits per heavy atom. The first-order chi connectivity index (χ1) is 35.5. The lowest BCUT2D eigenvalue weighted by Crippen LogP contribution is -2.45. The van der Waals surface area contributed by atoms with Crippen LogP contribution in [0, 0.1) is 0 Å². The topological polar surface area (TPSA) is 95.9 Å². The highest BCUT2D eigenvalue weighted by Gasteiger charge is 2.20. The van der Waals surface area contributed by atoms with Gasteiger partial charge in [-0.15, -0.1) is 0 Å². The standard InChI is InChI=1S/C66H125NO5/c1-3-5-7-9-11-13-15-17-18-19-29-32-36-40-44-48-52-56-60-66(71)72-61-57-53-49-45-41-37-33-30-27-25-23-21-20-22-24-26-28-31-35-39-43-47-51-55-59-65(70)67-63(62-68)64(69)58-54-50-46-42-38-34-16-14-12-10-8-6-4-2/h13,15,18-19,22,24,63-64,68-69H,3-12,14,16-17,20-21,23,25-62H2,1-2H3,(H,67,70)/b15-13-,19-18-,24-22-. The molecule has 2 atom stereocenters. The van der Waals surface area contributed by atoms with Crippen LogP contribution in [0.5, 0.6) is 0 Å². The summed E-state index contributed by atoms with van der Waals surface area (Å²) in [4.78, 5) is 24.6. The van der Waals surface area contributed by atoms with Crippen LogP contribution in [-0.2, 0) is 14.3 Å². The first kappa shape index (κ1) is 70.1. The maximum atomic E-state index is 12.5. The zero-order valence-corrected chi connectivity index (χ0v) is 48.4. The largest absolute Gasteiger partial charge is 0.466 e. The molecule has 1 amide bonds. The van der Waals surface area contributed by atoms with E-state index in [1.165, 1.54) is 263 Å². The van der Waals surface area contributed by atoms with Crippen molar-refractivity contribution in [1.29, 1.82) is 0 Å². The SMILES string of the molecule is CCCCCC/C=C\C/C=C\CCCCCCCCCC(=O)OCCCCCCCCCCCCCC/C=C\CCCCCCCCCCC(=O)NC(CO)C(O)CCCCCCCCCCCCCCC. The van der Waals surface area contributed by atoms with E-state index in [1.54, 1.807) is 0 Å². The van der Waals surface area contributed by atoms with E-state index in [0.717, 1.165) is 51.4 Å². The Labute approximate surface area is 449 Å². The van der Waals surface area contributed by atoms with Gasteiger partial charge in [0.2, 0.25) is 5.91 Å². The Morgan fingerprint density at radius 2 is 0.694 bits per heavy atom. The Bertz CT molecular complexity index is 1170. The second-order valence-corrected chi connectivity index (χ2v) is 22.1. The number of hydrogen-bond donors (Lipinski definition) is 3. The third-order valence-electron chi connectivity index (χ3n) is 14.9. The van der Waals surface area contributed by atoms with Crippen molar-refractivity contribution in [2.24, 2.45) is 0 Å².